The van der Waals surface area contributed by atoms with Crippen LogP contribution in [0.5, 0.6) is 0 Å². The number of carbonyl (C=O) groups is 3. The van der Waals surface area contributed by atoms with Crippen LogP contribution in [0.25, 0.3) is 0 Å². The average molecular weight is 345 g/mol. The fourth-order valence-electron chi connectivity index (χ4n) is 2.70. The van der Waals surface area contributed by atoms with Crippen molar-refractivity contribution in [2.75, 3.05) is 5.32 Å². The molecule has 6 heteroatoms. The highest BCUT2D eigenvalue weighted by Crippen LogP contribution is 2.29. The summed E-state index contributed by atoms with van der Waals surface area (Å²) in [5.41, 5.74) is 0.488. The number of hydrogen-bond donors (Lipinski definition) is 2. The SMILES string of the molecule is CC[C@H](C)OC(=O)[C@H]1CC=CC[C@@H]1C(=O)Nc1cccc(C(=O)O)c1. The van der Waals surface area contributed by atoms with Crippen LogP contribution in [-0.4, -0.2) is 29.1 Å². The van der Waals surface area contributed by atoms with Crippen molar-refractivity contribution in [3.63, 3.8) is 0 Å². The van der Waals surface area contributed by atoms with Crippen molar-refractivity contribution < 1.29 is 24.2 Å². The van der Waals surface area contributed by atoms with Gasteiger partial charge in [0.15, 0.2) is 0 Å². The second-order valence-electron chi connectivity index (χ2n) is 6.19. The van der Waals surface area contributed by atoms with Crippen LogP contribution in [0.2, 0.25) is 0 Å². The molecule has 0 aromatic heterocycles. The molecule has 134 valence electrons. The van der Waals surface area contributed by atoms with Crippen molar-refractivity contribution in [3.8, 4) is 0 Å². The van der Waals surface area contributed by atoms with E-state index >= 15 is 0 Å². The Kier molecular flexibility index (Phi) is 6.33. The summed E-state index contributed by atoms with van der Waals surface area (Å²) in [6.45, 7) is 3.75. The van der Waals surface area contributed by atoms with Crippen LogP contribution in [0.4, 0.5) is 5.69 Å². The molecule has 0 spiro atoms. The highest BCUT2D eigenvalue weighted by atomic mass is 16.5. The van der Waals surface area contributed by atoms with Crippen molar-refractivity contribution in [1.82, 2.24) is 0 Å². The van der Waals surface area contributed by atoms with Gasteiger partial charge in [-0.2, -0.15) is 0 Å². The summed E-state index contributed by atoms with van der Waals surface area (Å²) >= 11 is 0. The quantitative estimate of drug-likeness (QED) is 0.610. The van der Waals surface area contributed by atoms with E-state index in [1.807, 2.05) is 26.0 Å². The molecule has 0 bridgehead atoms. The Balaban J connectivity index is 2.10. The fraction of sp³-hybridized carbons (Fsp3) is 0.421. The van der Waals surface area contributed by atoms with Gasteiger partial charge in [-0.05, 0) is 44.4 Å². The zero-order valence-electron chi connectivity index (χ0n) is 14.4. The first-order chi connectivity index (χ1) is 11.9. The number of amides is 1. The number of allylic oxidation sites excluding steroid dienone is 2. The first-order valence-electron chi connectivity index (χ1n) is 8.42. The van der Waals surface area contributed by atoms with E-state index < -0.39 is 17.8 Å². The Hall–Kier alpha value is -2.63. The summed E-state index contributed by atoms with van der Waals surface area (Å²) in [7, 11) is 0. The predicted molar refractivity (Wildman–Crippen MR) is 93.2 cm³/mol. The third-order valence-electron chi connectivity index (χ3n) is 4.34. The highest BCUT2D eigenvalue weighted by Gasteiger charge is 2.35. The van der Waals surface area contributed by atoms with Gasteiger partial charge in [0.1, 0.15) is 0 Å². The predicted octanol–water partition coefficient (Wildman–Crippen LogP) is 3.25. The lowest BCUT2D eigenvalue weighted by Gasteiger charge is -2.27. The van der Waals surface area contributed by atoms with Gasteiger partial charge >= 0.3 is 11.9 Å². The van der Waals surface area contributed by atoms with E-state index in [4.69, 9.17) is 9.84 Å². The molecule has 0 fully saturated rings. The Morgan fingerprint density at radius 2 is 1.92 bits per heavy atom. The number of aromatic carboxylic acids is 1. The molecule has 0 aliphatic heterocycles. The molecular weight excluding hydrogens is 322 g/mol. The molecule has 0 unspecified atom stereocenters. The number of hydrogen-bond acceptors (Lipinski definition) is 4. The summed E-state index contributed by atoms with van der Waals surface area (Å²) in [6, 6.07) is 6.03. The Morgan fingerprint density at radius 1 is 1.24 bits per heavy atom. The number of carbonyl (C=O) groups excluding carboxylic acids is 2. The van der Waals surface area contributed by atoms with Gasteiger partial charge in [-0.25, -0.2) is 4.79 Å². The van der Waals surface area contributed by atoms with Crippen LogP contribution in [0.3, 0.4) is 0 Å². The molecule has 1 aromatic rings. The first-order valence-corrected chi connectivity index (χ1v) is 8.42. The monoisotopic (exact) mass is 345 g/mol. The molecule has 0 saturated heterocycles. The van der Waals surface area contributed by atoms with E-state index in [2.05, 4.69) is 5.32 Å². The molecule has 1 aliphatic rings. The van der Waals surface area contributed by atoms with Gasteiger partial charge < -0.3 is 15.2 Å². The maximum absolute atomic E-state index is 12.6. The standard InChI is InChI=1S/C19H23NO5/c1-3-12(2)25-19(24)16-10-5-4-9-15(16)17(21)20-14-8-6-7-13(11-14)18(22)23/h4-8,11-12,15-16H,3,9-10H2,1-2H3,(H,20,21)(H,22,23)/t12-,15-,16-/m0/s1. The fourth-order valence-corrected chi connectivity index (χ4v) is 2.70. The number of nitrogens with one attached hydrogen (secondary N) is 1. The number of esters is 1. The van der Waals surface area contributed by atoms with Gasteiger partial charge in [-0.3, -0.25) is 9.59 Å². The molecule has 1 amide bonds. The van der Waals surface area contributed by atoms with Crippen molar-refractivity contribution in [1.29, 1.82) is 0 Å². The lowest BCUT2D eigenvalue weighted by atomic mass is 9.82. The molecule has 25 heavy (non-hydrogen) atoms. The van der Waals surface area contributed by atoms with Crippen molar-refractivity contribution >= 4 is 23.5 Å². The average Bonchev–Trinajstić information content (AvgIpc) is 2.61. The number of ether oxygens (including phenoxy) is 1. The minimum atomic E-state index is -1.06. The number of anilines is 1. The maximum Gasteiger partial charge on any atom is 0.335 e. The Labute approximate surface area is 146 Å². The molecule has 1 aromatic carbocycles. The summed E-state index contributed by atoms with van der Waals surface area (Å²) in [6.07, 6.45) is 5.21. The zero-order valence-corrected chi connectivity index (χ0v) is 14.4. The Bertz CT molecular complexity index is 682. The molecule has 3 atom stereocenters. The topological polar surface area (TPSA) is 92.7 Å². The smallest absolute Gasteiger partial charge is 0.335 e. The van der Waals surface area contributed by atoms with Crippen molar-refractivity contribution in [3.05, 3.63) is 42.0 Å². The minimum absolute atomic E-state index is 0.0917. The van der Waals surface area contributed by atoms with Crippen LogP contribution in [0, 0.1) is 11.8 Å². The second kappa shape index (κ2) is 8.46. The minimum Gasteiger partial charge on any atom is -0.478 e. The van der Waals surface area contributed by atoms with Crippen molar-refractivity contribution in [2.24, 2.45) is 11.8 Å². The van der Waals surface area contributed by atoms with Crippen LogP contribution < -0.4 is 5.32 Å². The lowest BCUT2D eigenvalue weighted by molar-refractivity contribution is -0.157. The largest absolute Gasteiger partial charge is 0.478 e. The number of carboxylic acids is 1. The third-order valence-corrected chi connectivity index (χ3v) is 4.34. The van der Waals surface area contributed by atoms with Gasteiger partial charge in [0.05, 0.1) is 23.5 Å². The zero-order chi connectivity index (χ0) is 18.4. The van der Waals surface area contributed by atoms with E-state index in [1.165, 1.54) is 12.1 Å². The van der Waals surface area contributed by atoms with E-state index in [-0.39, 0.29) is 23.5 Å². The Morgan fingerprint density at radius 3 is 2.56 bits per heavy atom. The van der Waals surface area contributed by atoms with Gasteiger partial charge in [-0.1, -0.05) is 25.1 Å². The number of rotatable bonds is 6. The first kappa shape index (κ1) is 18.7. The van der Waals surface area contributed by atoms with E-state index in [0.29, 0.717) is 24.9 Å². The third kappa shape index (κ3) is 4.92. The van der Waals surface area contributed by atoms with Gasteiger partial charge in [-0.15, -0.1) is 0 Å². The molecule has 6 nitrogen and oxygen atoms in total. The lowest BCUT2D eigenvalue weighted by Crippen LogP contribution is -2.36. The highest BCUT2D eigenvalue weighted by molar-refractivity contribution is 5.97. The summed E-state index contributed by atoms with van der Waals surface area (Å²) < 4.78 is 5.39. The molecule has 2 N–H and O–H groups in total. The van der Waals surface area contributed by atoms with Crippen LogP contribution >= 0.6 is 0 Å². The summed E-state index contributed by atoms with van der Waals surface area (Å²) in [5.74, 6) is -2.79. The molecule has 0 saturated carbocycles. The maximum atomic E-state index is 12.6. The number of carboxylic acid groups (broad SMARTS) is 1. The normalized spacial score (nSPS) is 20.6. The van der Waals surface area contributed by atoms with Crippen LogP contribution in [0.1, 0.15) is 43.5 Å². The molecule has 2 rings (SSSR count). The summed E-state index contributed by atoms with van der Waals surface area (Å²) in [4.78, 5) is 36.0. The van der Waals surface area contributed by atoms with Gasteiger partial charge in [0, 0.05) is 5.69 Å². The van der Waals surface area contributed by atoms with E-state index in [9.17, 15) is 14.4 Å². The second-order valence-corrected chi connectivity index (χ2v) is 6.19. The molecular formula is C19H23NO5. The summed E-state index contributed by atoms with van der Waals surface area (Å²) in [5, 5.41) is 11.7. The molecule has 1 aliphatic carbocycles. The van der Waals surface area contributed by atoms with Gasteiger partial charge in [0.2, 0.25) is 5.91 Å². The van der Waals surface area contributed by atoms with E-state index in [1.54, 1.807) is 12.1 Å². The van der Waals surface area contributed by atoms with Crippen LogP contribution in [0.15, 0.2) is 36.4 Å². The molecule has 0 heterocycles. The number of benzene rings is 1. The molecule has 0 radical (unpaired) electrons. The van der Waals surface area contributed by atoms with Gasteiger partial charge in [0.25, 0.3) is 0 Å². The van der Waals surface area contributed by atoms with Crippen LogP contribution in [-0.2, 0) is 14.3 Å². The van der Waals surface area contributed by atoms with Crippen molar-refractivity contribution in [2.45, 2.75) is 39.2 Å². The van der Waals surface area contributed by atoms with E-state index in [0.717, 1.165) is 0 Å².